The van der Waals surface area contributed by atoms with Crippen LogP contribution < -0.4 is 15.0 Å². The minimum absolute atomic E-state index is 0.211. The Morgan fingerprint density at radius 2 is 1.72 bits per heavy atom. The predicted molar refractivity (Wildman–Crippen MR) is 122 cm³/mol. The third-order valence-electron chi connectivity index (χ3n) is 6.24. The Labute approximate surface area is 187 Å². The summed E-state index contributed by atoms with van der Waals surface area (Å²) in [6, 6.07) is 17.4. The van der Waals surface area contributed by atoms with Gasteiger partial charge in [0, 0.05) is 37.9 Å². The maximum Gasteiger partial charge on any atom is 0.233 e. The van der Waals surface area contributed by atoms with Gasteiger partial charge < -0.3 is 19.9 Å². The number of piperazine rings is 1. The van der Waals surface area contributed by atoms with Crippen LogP contribution in [-0.2, 0) is 10.2 Å². The number of aromatic nitrogens is 3. The van der Waals surface area contributed by atoms with Gasteiger partial charge in [0.15, 0.2) is 11.6 Å². The number of para-hydroxylation sites is 1. The summed E-state index contributed by atoms with van der Waals surface area (Å²) in [6.07, 6.45) is 3.48. The molecule has 1 saturated carbocycles. The molecule has 1 aliphatic carbocycles. The van der Waals surface area contributed by atoms with Crippen LogP contribution in [0.2, 0.25) is 0 Å². The Morgan fingerprint density at radius 1 is 0.938 bits per heavy atom. The number of anilines is 3. The molecule has 1 aliphatic heterocycles. The first-order valence-electron chi connectivity index (χ1n) is 10.9. The van der Waals surface area contributed by atoms with Crippen molar-refractivity contribution in [2.24, 2.45) is 0 Å². The number of rotatable bonds is 6. The molecule has 8 nitrogen and oxygen atoms in total. The third-order valence-corrected chi connectivity index (χ3v) is 6.24. The van der Waals surface area contributed by atoms with E-state index in [-0.39, 0.29) is 5.91 Å². The molecule has 2 aliphatic rings. The van der Waals surface area contributed by atoms with Gasteiger partial charge >= 0.3 is 0 Å². The second-order valence-electron chi connectivity index (χ2n) is 8.18. The fraction of sp³-hybridized carbons (Fsp3) is 0.333. The standard InChI is InChI=1S/C24H26N6O2/c1-32-19-7-3-2-6-18(19)24(11-12-24)23(31)30-16-14-29(15-17-30)22-10-9-21(27-28-22)26-20-8-4-5-13-25-20/h2-10,13H,11-12,14-17H2,1H3,(H,25,26,27). The van der Waals surface area contributed by atoms with Crippen molar-refractivity contribution in [2.45, 2.75) is 18.3 Å². The van der Waals surface area contributed by atoms with Gasteiger partial charge in [-0.3, -0.25) is 4.79 Å². The van der Waals surface area contributed by atoms with E-state index < -0.39 is 5.41 Å². The molecule has 1 N–H and O–H groups in total. The number of carbonyl (C=O) groups excluding carboxylic acids is 1. The van der Waals surface area contributed by atoms with Crippen LogP contribution in [0.4, 0.5) is 17.5 Å². The molecule has 164 valence electrons. The molecule has 32 heavy (non-hydrogen) atoms. The molecule has 5 rings (SSSR count). The summed E-state index contributed by atoms with van der Waals surface area (Å²) in [4.78, 5) is 21.8. The van der Waals surface area contributed by atoms with Gasteiger partial charge in [-0.05, 0) is 43.2 Å². The fourth-order valence-electron chi connectivity index (χ4n) is 4.33. The van der Waals surface area contributed by atoms with Crippen molar-refractivity contribution in [3.8, 4) is 5.75 Å². The highest BCUT2D eigenvalue weighted by atomic mass is 16.5. The smallest absolute Gasteiger partial charge is 0.233 e. The number of pyridine rings is 1. The summed E-state index contributed by atoms with van der Waals surface area (Å²) in [5, 5.41) is 11.8. The number of ether oxygens (including phenoxy) is 1. The number of hydrogen-bond acceptors (Lipinski definition) is 7. The van der Waals surface area contributed by atoms with Crippen LogP contribution in [0.25, 0.3) is 0 Å². The van der Waals surface area contributed by atoms with E-state index in [4.69, 9.17) is 4.74 Å². The van der Waals surface area contributed by atoms with Gasteiger partial charge in [0.1, 0.15) is 11.6 Å². The number of nitrogens with one attached hydrogen (secondary N) is 1. The van der Waals surface area contributed by atoms with Crippen LogP contribution in [0, 0.1) is 0 Å². The normalized spacial score (nSPS) is 17.0. The molecule has 1 aromatic carbocycles. The van der Waals surface area contributed by atoms with Crippen LogP contribution >= 0.6 is 0 Å². The summed E-state index contributed by atoms with van der Waals surface area (Å²) in [5.41, 5.74) is 0.588. The average Bonchev–Trinajstić information content (AvgIpc) is 3.67. The molecule has 8 heteroatoms. The maximum absolute atomic E-state index is 13.4. The van der Waals surface area contributed by atoms with Gasteiger partial charge in [-0.1, -0.05) is 24.3 Å². The summed E-state index contributed by atoms with van der Waals surface area (Å²) in [5.74, 6) is 3.20. The van der Waals surface area contributed by atoms with Crippen LogP contribution in [0.15, 0.2) is 60.8 Å². The van der Waals surface area contributed by atoms with Crippen molar-refractivity contribution in [1.82, 2.24) is 20.1 Å². The first-order valence-corrected chi connectivity index (χ1v) is 10.9. The predicted octanol–water partition coefficient (Wildman–Crippen LogP) is 3.00. The fourth-order valence-corrected chi connectivity index (χ4v) is 4.33. The number of nitrogens with zero attached hydrogens (tertiary/aromatic N) is 5. The Bertz CT molecular complexity index is 1080. The zero-order valence-electron chi connectivity index (χ0n) is 18.1. The quantitative estimate of drug-likeness (QED) is 0.644. The lowest BCUT2D eigenvalue weighted by atomic mass is 9.93. The minimum atomic E-state index is -0.423. The van der Waals surface area contributed by atoms with Crippen LogP contribution in [0.5, 0.6) is 5.75 Å². The highest BCUT2D eigenvalue weighted by molar-refractivity contribution is 5.92. The van der Waals surface area contributed by atoms with E-state index in [1.165, 1.54) is 0 Å². The zero-order valence-corrected chi connectivity index (χ0v) is 18.1. The van der Waals surface area contributed by atoms with Crippen molar-refractivity contribution in [2.75, 3.05) is 43.5 Å². The second kappa shape index (κ2) is 8.45. The van der Waals surface area contributed by atoms with Crippen molar-refractivity contribution in [3.05, 3.63) is 66.4 Å². The summed E-state index contributed by atoms with van der Waals surface area (Å²) in [6.45, 7) is 2.81. The van der Waals surface area contributed by atoms with Gasteiger partial charge in [-0.25, -0.2) is 4.98 Å². The van der Waals surface area contributed by atoms with Crippen molar-refractivity contribution in [3.63, 3.8) is 0 Å². The number of methoxy groups -OCH3 is 1. The molecular formula is C24H26N6O2. The van der Waals surface area contributed by atoms with Crippen molar-refractivity contribution < 1.29 is 9.53 Å². The lowest BCUT2D eigenvalue weighted by Gasteiger charge is -2.37. The lowest BCUT2D eigenvalue weighted by Crippen LogP contribution is -2.51. The number of carbonyl (C=O) groups is 1. The summed E-state index contributed by atoms with van der Waals surface area (Å²) >= 11 is 0. The zero-order chi connectivity index (χ0) is 22.0. The highest BCUT2D eigenvalue weighted by Gasteiger charge is 2.54. The number of amides is 1. The molecule has 0 bridgehead atoms. The summed E-state index contributed by atoms with van der Waals surface area (Å²) < 4.78 is 5.53. The summed E-state index contributed by atoms with van der Waals surface area (Å²) in [7, 11) is 1.66. The maximum atomic E-state index is 13.4. The van der Waals surface area contributed by atoms with Crippen molar-refractivity contribution >= 4 is 23.4 Å². The lowest BCUT2D eigenvalue weighted by molar-refractivity contribution is -0.134. The first kappa shape index (κ1) is 20.2. The van der Waals surface area contributed by atoms with E-state index >= 15 is 0 Å². The monoisotopic (exact) mass is 430 g/mol. The molecule has 3 aromatic rings. The van der Waals surface area contributed by atoms with Gasteiger partial charge in [0.05, 0.1) is 12.5 Å². The van der Waals surface area contributed by atoms with E-state index in [1.54, 1.807) is 13.3 Å². The Kier molecular flexibility index (Phi) is 5.34. The molecule has 2 fully saturated rings. The van der Waals surface area contributed by atoms with Gasteiger partial charge in [0.2, 0.25) is 5.91 Å². The van der Waals surface area contributed by atoms with Crippen LogP contribution in [0.1, 0.15) is 18.4 Å². The molecule has 2 aromatic heterocycles. The second-order valence-corrected chi connectivity index (χ2v) is 8.18. The largest absolute Gasteiger partial charge is 0.496 e. The Hall–Kier alpha value is -3.68. The number of hydrogen-bond donors (Lipinski definition) is 1. The molecule has 1 saturated heterocycles. The first-order chi connectivity index (χ1) is 15.7. The van der Waals surface area contributed by atoms with Crippen LogP contribution in [-0.4, -0.2) is 59.3 Å². The minimum Gasteiger partial charge on any atom is -0.496 e. The van der Waals surface area contributed by atoms with Gasteiger partial charge in [0.25, 0.3) is 0 Å². The average molecular weight is 431 g/mol. The molecular weight excluding hydrogens is 404 g/mol. The third kappa shape index (κ3) is 3.84. The van der Waals surface area contributed by atoms with E-state index in [0.717, 1.165) is 48.9 Å². The van der Waals surface area contributed by atoms with E-state index in [1.807, 2.05) is 59.5 Å². The Balaban J connectivity index is 1.21. The topological polar surface area (TPSA) is 83.5 Å². The van der Waals surface area contributed by atoms with Gasteiger partial charge in [-0.2, -0.15) is 0 Å². The SMILES string of the molecule is COc1ccccc1C1(C(=O)N2CCN(c3ccc(Nc4ccccn4)nn3)CC2)CC1. The molecule has 0 spiro atoms. The van der Waals surface area contributed by atoms with E-state index in [2.05, 4.69) is 25.4 Å². The molecule has 3 heterocycles. The van der Waals surface area contributed by atoms with E-state index in [9.17, 15) is 4.79 Å². The molecule has 1 amide bonds. The molecule has 0 unspecified atom stereocenters. The van der Waals surface area contributed by atoms with Crippen molar-refractivity contribution in [1.29, 1.82) is 0 Å². The van der Waals surface area contributed by atoms with E-state index in [0.29, 0.717) is 18.9 Å². The number of benzene rings is 1. The Morgan fingerprint density at radius 3 is 2.38 bits per heavy atom. The molecule has 0 radical (unpaired) electrons. The highest BCUT2D eigenvalue weighted by Crippen LogP contribution is 2.52. The molecule has 0 atom stereocenters. The van der Waals surface area contributed by atoms with Gasteiger partial charge in [-0.15, -0.1) is 10.2 Å². The van der Waals surface area contributed by atoms with Crippen LogP contribution in [0.3, 0.4) is 0 Å².